The number of rotatable bonds is 20. The quantitative estimate of drug-likeness (QED) is 0.0165. The van der Waals surface area contributed by atoms with Crippen molar-refractivity contribution in [3.05, 3.63) is 128 Å². The Morgan fingerprint density at radius 3 is 1.87 bits per heavy atom. The fourth-order valence-corrected chi connectivity index (χ4v) is 9.19. The number of aryl methyl sites for hydroxylation is 2. The van der Waals surface area contributed by atoms with E-state index in [1.807, 2.05) is 5.32 Å². The molecule has 6 aromatic rings. The van der Waals surface area contributed by atoms with Crippen LogP contribution in [0.2, 0.25) is 10.0 Å². The Labute approximate surface area is 535 Å². The van der Waals surface area contributed by atoms with Crippen LogP contribution in [0.15, 0.2) is 95.0 Å². The molecule has 0 radical (unpaired) electrons. The second-order valence-corrected chi connectivity index (χ2v) is 25.9. The summed E-state index contributed by atoms with van der Waals surface area (Å²) in [5.74, 6) is -2.21. The maximum Gasteiger partial charge on any atom is 0.389 e. The number of nitrogens with one attached hydrogen (secondary N) is 5. The number of nitro benzene ring substituents is 1. The molecule has 0 aliphatic carbocycles. The van der Waals surface area contributed by atoms with Crippen LogP contribution in [-0.2, 0) is 51.5 Å². The van der Waals surface area contributed by atoms with Crippen LogP contribution in [0.3, 0.4) is 0 Å². The number of nitrogens with zero attached hydrogens (tertiary/aromatic N) is 8. The summed E-state index contributed by atoms with van der Waals surface area (Å²) >= 11 is 11.8. The first-order valence-electron chi connectivity index (χ1n) is 24.9. The SMILES string of the molecule is COC(=O)c1cc(Oc2ccc(Cl)cc2Cl)ccc1[N+](=O)[O-].COc1cc(OC)nc(NC(=O)NS(=O)(=O)c2ncccc2C(=O)N(C)C)n1.COc1nc(C)nc(NC(=O)NS(=O)(=O)c2ccccc2CCC(F)(F)F)n1.C[S+](C)C.O=C(O)CNCP(=O)([O-])O. The van der Waals surface area contributed by atoms with E-state index in [1.165, 1.54) is 108 Å². The van der Waals surface area contributed by atoms with Crippen LogP contribution in [0.5, 0.6) is 29.3 Å². The van der Waals surface area contributed by atoms with Crippen molar-refractivity contribution in [3.8, 4) is 29.3 Å². The van der Waals surface area contributed by atoms with Gasteiger partial charge in [-0.1, -0.05) is 41.4 Å². The number of pyridine rings is 1. The number of methoxy groups -OCH3 is 4. The van der Waals surface area contributed by atoms with E-state index in [-0.39, 0.29) is 68.6 Å². The van der Waals surface area contributed by atoms with Crippen LogP contribution in [0.1, 0.15) is 38.5 Å². The van der Waals surface area contributed by atoms with Gasteiger partial charge in [0.1, 0.15) is 30.5 Å². The molecule has 0 fully saturated rings. The predicted octanol–water partition coefficient (Wildman–Crippen LogP) is 5.43. The van der Waals surface area contributed by atoms with E-state index in [1.54, 1.807) is 21.6 Å². The predicted molar refractivity (Wildman–Crippen MR) is 324 cm³/mol. The molecule has 3 aromatic carbocycles. The number of amides is 5. The average molecular weight is 1420 g/mol. The van der Waals surface area contributed by atoms with E-state index in [0.29, 0.717) is 21.7 Å². The number of ether oxygens (including phenoxy) is 5. The number of carbonyl (C=O) groups is 5. The van der Waals surface area contributed by atoms with Crippen molar-refractivity contribution in [3.63, 3.8) is 0 Å². The molecule has 0 aliphatic rings. The van der Waals surface area contributed by atoms with Gasteiger partial charge in [0.25, 0.3) is 31.6 Å². The van der Waals surface area contributed by atoms with Crippen LogP contribution >= 0.6 is 30.8 Å². The number of hydrogen-bond acceptors (Lipinski definition) is 25. The maximum atomic E-state index is 12.5. The van der Waals surface area contributed by atoms with Crippen molar-refractivity contribution >= 4 is 109 Å². The lowest BCUT2D eigenvalue weighted by molar-refractivity contribution is -0.385. The van der Waals surface area contributed by atoms with Gasteiger partial charge in [-0.25, -0.2) is 37.2 Å². The molecule has 0 saturated heterocycles. The second-order valence-electron chi connectivity index (χ2n) is 17.8. The number of halogens is 5. The highest BCUT2D eigenvalue weighted by Gasteiger charge is 2.30. The molecule has 3 heterocycles. The lowest BCUT2D eigenvalue weighted by Crippen LogP contribution is -2.36. The second kappa shape index (κ2) is 36.9. The third-order valence-corrected chi connectivity index (χ3v) is 13.7. The Balaban J connectivity index is 0.000000427. The molecule has 42 heteroatoms. The Morgan fingerprint density at radius 1 is 0.783 bits per heavy atom. The summed E-state index contributed by atoms with van der Waals surface area (Å²) < 4.78 is 125. The van der Waals surface area contributed by atoms with Gasteiger partial charge in [0.05, 0.1) is 86.5 Å². The first kappa shape index (κ1) is 79.3. The fourth-order valence-electron chi connectivity index (χ4n) is 6.13. The largest absolute Gasteiger partial charge is 0.778 e. The van der Waals surface area contributed by atoms with Gasteiger partial charge >= 0.3 is 36.2 Å². The first-order chi connectivity index (χ1) is 42.7. The van der Waals surface area contributed by atoms with E-state index in [9.17, 15) is 73.6 Å². The van der Waals surface area contributed by atoms with Gasteiger partial charge in [-0.3, -0.25) is 35.7 Å². The van der Waals surface area contributed by atoms with Crippen molar-refractivity contribution in [2.75, 3.05) is 84.8 Å². The number of alkyl halides is 3. The number of carboxylic acid groups (broad SMARTS) is 1. The minimum absolute atomic E-state index is 0.0715. The summed E-state index contributed by atoms with van der Waals surface area (Å²) in [6.45, 7) is 1.02. The molecule has 1 atom stereocenters. The smallest absolute Gasteiger partial charge is 0.389 e. The normalized spacial score (nSPS) is 11.4. The number of aliphatic carboxylic acids is 1. The Kier molecular flexibility index (Phi) is 31.8. The van der Waals surface area contributed by atoms with Crippen molar-refractivity contribution < 1.29 is 102 Å². The van der Waals surface area contributed by atoms with Crippen LogP contribution in [0.25, 0.3) is 0 Å². The summed E-state index contributed by atoms with van der Waals surface area (Å²) in [4.78, 5) is 109. The monoisotopic (exact) mass is 1420 g/mol. The van der Waals surface area contributed by atoms with Crippen LogP contribution in [-0.4, -0.2) is 177 Å². The highest BCUT2D eigenvalue weighted by molar-refractivity contribution is 7.94. The number of nitro groups is 1. The van der Waals surface area contributed by atoms with Gasteiger partial charge in [0.2, 0.25) is 23.7 Å². The van der Waals surface area contributed by atoms with Crippen molar-refractivity contribution in [1.82, 2.24) is 49.6 Å². The topological polar surface area (TPSA) is 464 Å². The number of carbonyl (C=O) groups excluding carboxylic acids is 4. The number of anilines is 2. The van der Waals surface area contributed by atoms with Gasteiger partial charge in [0, 0.05) is 43.9 Å². The van der Waals surface area contributed by atoms with Gasteiger partial charge in [-0.2, -0.15) is 46.5 Å². The first-order valence-corrected chi connectivity index (χ1v) is 32.8. The Hall–Kier alpha value is -8.82. The Morgan fingerprint density at radius 2 is 1.36 bits per heavy atom. The molecule has 6 rings (SSSR count). The molecule has 3 aromatic heterocycles. The summed E-state index contributed by atoms with van der Waals surface area (Å²) in [6.07, 6.45) is 0.868. The zero-order valence-corrected chi connectivity index (χ0v) is 54.6. The molecule has 0 aliphatic heterocycles. The molecule has 5 amide bonds. The van der Waals surface area contributed by atoms with Gasteiger partial charge < -0.3 is 48.0 Å². The van der Waals surface area contributed by atoms with Gasteiger partial charge in [-0.15, -0.1) is 0 Å². The van der Waals surface area contributed by atoms with Gasteiger partial charge in [0.15, 0.2) is 5.03 Å². The highest BCUT2D eigenvalue weighted by Crippen LogP contribution is 2.34. The molecule has 1 unspecified atom stereocenters. The van der Waals surface area contributed by atoms with Crippen molar-refractivity contribution in [2.24, 2.45) is 0 Å². The molecule has 0 saturated carbocycles. The number of carboxylic acids is 1. The molecule has 7 N–H and O–H groups in total. The molecule has 33 nitrogen and oxygen atoms in total. The fraction of sp³-hybridized carbons (Fsp3) is 0.300. The zero-order valence-electron chi connectivity index (χ0n) is 49.8. The molecular formula is C50H59Cl2F3N13O20PS3. The summed E-state index contributed by atoms with van der Waals surface area (Å²) in [6, 6.07) is 15.1. The molecule has 92 heavy (non-hydrogen) atoms. The number of aromatic nitrogens is 6. The highest BCUT2D eigenvalue weighted by atomic mass is 35.5. The van der Waals surface area contributed by atoms with E-state index in [0.717, 1.165) is 19.2 Å². The van der Waals surface area contributed by atoms with Gasteiger partial charge in [-0.05, 0) is 72.3 Å². The van der Waals surface area contributed by atoms with E-state index < -0.39 is 104 Å². The van der Waals surface area contributed by atoms with E-state index >= 15 is 0 Å². The van der Waals surface area contributed by atoms with E-state index in [2.05, 4.69) is 64.0 Å². The van der Waals surface area contributed by atoms with Crippen molar-refractivity contribution in [2.45, 2.75) is 35.9 Å². The summed E-state index contributed by atoms with van der Waals surface area (Å²) in [5, 5.41) is 25.3. The average Bonchev–Trinajstić information content (AvgIpc) is 0.829. The summed E-state index contributed by atoms with van der Waals surface area (Å²) in [7, 11) is -4.56. The third-order valence-electron chi connectivity index (χ3n) is 9.79. The van der Waals surface area contributed by atoms with Crippen molar-refractivity contribution in [1.29, 1.82) is 0 Å². The number of urea groups is 2. The van der Waals surface area contributed by atoms with Crippen LogP contribution in [0.4, 0.5) is 40.3 Å². The van der Waals surface area contributed by atoms with Crippen LogP contribution < -0.4 is 49.2 Å². The molecule has 502 valence electrons. The number of sulfonamides is 2. The Bertz CT molecular complexity index is 3820. The zero-order chi connectivity index (χ0) is 69.9. The minimum Gasteiger partial charge on any atom is -0.778 e. The lowest BCUT2D eigenvalue weighted by atomic mass is 10.1. The van der Waals surface area contributed by atoms with E-state index in [4.69, 9.17) is 52.1 Å². The standard InChI is InChI=1S/C15H16F3N5O4S.C15H18N6O6S.C14H9Cl2NO5.C3H8NO5P.C3H9S/c1-9-19-12(22-14(20-9)27-2)21-13(24)23-28(25,26)11-6-4-3-5-10(11)7-8-15(16,17)18;1-21(2)13(22)9-6-5-7-16-12(9)28(24,25)20-15(23)19-14-17-10(26-3)8-11(18-14)27-4;1-21-14(18)10-7-9(3-4-12(10)17(19)20)22-13-5-2-8(15)6-11(13)16;5-3(6)1-4-2-10(7,8)9;1-4(2)3/h3-6H,7-8H2,1-2H3,(H2,19,20,21,22,23,24);5-8H,1-4H3,(H2,17,18,19,20,23);2-7H,1H3;4H,1-2H2,(H,5,6)(H2,7,8,9);1-3H3/q;;;;+1/p-1. The number of benzene rings is 3. The number of esters is 1. The summed E-state index contributed by atoms with van der Waals surface area (Å²) in [5.41, 5.74) is -0.846. The molecular weight excluding hydrogens is 1360 g/mol. The maximum absolute atomic E-state index is 12.5. The van der Waals surface area contributed by atoms with Crippen LogP contribution in [0, 0.1) is 17.0 Å². The number of hydrogen-bond donors (Lipinski definition) is 7. The molecule has 0 spiro atoms. The lowest BCUT2D eigenvalue weighted by Gasteiger charge is -2.14. The minimum atomic E-state index is -4.46. The molecule has 0 bridgehead atoms. The third kappa shape index (κ3) is 29.0.